The lowest BCUT2D eigenvalue weighted by molar-refractivity contribution is -0.130. The molecule has 0 heterocycles. The van der Waals surface area contributed by atoms with Gasteiger partial charge in [-0.1, -0.05) is 13.8 Å². The second kappa shape index (κ2) is 3.38. The van der Waals surface area contributed by atoms with E-state index < -0.39 is 0 Å². The van der Waals surface area contributed by atoms with Crippen LogP contribution in [0.4, 0.5) is 0 Å². The van der Waals surface area contributed by atoms with Crippen LogP contribution in [-0.4, -0.2) is 11.6 Å². The van der Waals surface area contributed by atoms with Crippen molar-refractivity contribution in [1.82, 2.24) is 0 Å². The lowest BCUT2D eigenvalue weighted by Gasteiger charge is -2.19. The normalized spacial score (nSPS) is 29.3. The van der Waals surface area contributed by atoms with Crippen LogP contribution >= 0.6 is 0 Å². The van der Waals surface area contributed by atoms with Gasteiger partial charge in [-0.25, -0.2) is 0 Å². The second-order valence-electron chi connectivity index (χ2n) is 3.91. The van der Waals surface area contributed by atoms with E-state index in [1.807, 2.05) is 13.8 Å². The summed E-state index contributed by atoms with van der Waals surface area (Å²) < 4.78 is 0. The van der Waals surface area contributed by atoms with E-state index in [1.165, 1.54) is 0 Å². The summed E-state index contributed by atoms with van der Waals surface area (Å²) in [5.41, 5.74) is -0.312. The van der Waals surface area contributed by atoms with E-state index in [2.05, 4.69) is 0 Å². The molecule has 12 heavy (non-hydrogen) atoms. The van der Waals surface area contributed by atoms with Crippen molar-refractivity contribution in [3.8, 4) is 0 Å². The molecule has 0 aromatic heterocycles. The molecular weight excluding hydrogens is 152 g/mol. The van der Waals surface area contributed by atoms with Crippen LogP contribution in [0.3, 0.4) is 0 Å². The number of hydrogen-bond acceptors (Lipinski definition) is 2. The van der Waals surface area contributed by atoms with Crippen molar-refractivity contribution < 1.29 is 9.59 Å². The molecule has 0 radical (unpaired) electrons. The first-order valence-corrected chi connectivity index (χ1v) is 4.63. The van der Waals surface area contributed by atoms with Crippen molar-refractivity contribution in [3.63, 3.8) is 0 Å². The van der Waals surface area contributed by atoms with Crippen LogP contribution in [0.2, 0.25) is 0 Å². The van der Waals surface area contributed by atoms with Crippen molar-refractivity contribution in [3.05, 3.63) is 0 Å². The quantitative estimate of drug-likeness (QED) is 0.646. The first-order chi connectivity index (χ1) is 5.58. The summed E-state index contributed by atoms with van der Waals surface area (Å²) in [6, 6.07) is 0. The van der Waals surface area contributed by atoms with Gasteiger partial charge in [0.25, 0.3) is 0 Å². The number of Topliss-reactive ketones (excluding diaryl/α,β-unsaturated/α-hetero) is 2. The third-order valence-electron chi connectivity index (χ3n) is 2.79. The Kier molecular flexibility index (Phi) is 2.65. The molecule has 0 aromatic rings. The zero-order chi connectivity index (χ0) is 9.19. The molecule has 0 spiro atoms. The highest BCUT2D eigenvalue weighted by Gasteiger charge is 2.38. The standard InChI is InChI=1S/C10H16O2/c1-3-8(11)7-10(2)6-4-5-9(10)12/h3-7H2,1-2H3/t10-/m1/s1. The molecular formula is C10H16O2. The molecule has 1 aliphatic carbocycles. The molecule has 0 aliphatic heterocycles. The van der Waals surface area contributed by atoms with Gasteiger partial charge in [0.05, 0.1) is 0 Å². The zero-order valence-electron chi connectivity index (χ0n) is 7.85. The van der Waals surface area contributed by atoms with Crippen molar-refractivity contribution in [2.45, 2.75) is 46.0 Å². The van der Waals surface area contributed by atoms with E-state index in [4.69, 9.17) is 0 Å². The summed E-state index contributed by atoms with van der Waals surface area (Å²) in [6.07, 6.45) is 3.56. The van der Waals surface area contributed by atoms with Crippen molar-refractivity contribution in [2.24, 2.45) is 5.41 Å². The summed E-state index contributed by atoms with van der Waals surface area (Å²) in [5, 5.41) is 0. The minimum Gasteiger partial charge on any atom is -0.300 e. The summed E-state index contributed by atoms with van der Waals surface area (Å²) in [4.78, 5) is 22.6. The van der Waals surface area contributed by atoms with Gasteiger partial charge < -0.3 is 0 Å². The largest absolute Gasteiger partial charge is 0.300 e. The van der Waals surface area contributed by atoms with E-state index in [-0.39, 0.29) is 17.0 Å². The second-order valence-corrected chi connectivity index (χ2v) is 3.91. The third kappa shape index (κ3) is 1.74. The van der Waals surface area contributed by atoms with Crippen LogP contribution in [0.5, 0.6) is 0 Å². The average molecular weight is 168 g/mol. The zero-order valence-corrected chi connectivity index (χ0v) is 7.85. The van der Waals surface area contributed by atoms with Crippen molar-refractivity contribution >= 4 is 11.6 Å². The number of carbonyl (C=O) groups is 2. The molecule has 1 saturated carbocycles. The van der Waals surface area contributed by atoms with Crippen LogP contribution in [-0.2, 0) is 9.59 Å². The highest BCUT2D eigenvalue weighted by molar-refractivity contribution is 5.91. The Hall–Kier alpha value is -0.660. The fourth-order valence-corrected chi connectivity index (χ4v) is 1.83. The third-order valence-corrected chi connectivity index (χ3v) is 2.79. The molecule has 1 aliphatic rings. The molecule has 0 unspecified atom stereocenters. The highest BCUT2D eigenvalue weighted by Crippen LogP contribution is 2.37. The lowest BCUT2D eigenvalue weighted by atomic mass is 9.82. The molecule has 0 aromatic carbocycles. The monoisotopic (exact) mass is 168 g/mol. The molecule has 2 heteroatoms. The molecule has 1 fully saturated rings. The maximum atomic E-state index is 11.4. The topological polar surface area (TPSA) is 34.1 Å². The van der Waals surface area contributed by atoms with Gasteiger partial charge >= 0.3 is 0 Å². The number of ketones is 2. The minimum atomic E-state index is -0.312. The average Bonchev–Trinajstić information content (AvgIpc) is 2.32. The molecule has 68 valence electrons. The van der Waals surface area contributed by atoms with E-state index in [0.29, 0.717) is 19.3 Å². The number of hydrogen-bond donors (Lipinski definition) is 0. The number of carbonyl (C=O) groups excluding carboxylic acids is 2. The predicted molar refractivity (Wildman–Crippen MR) is 46.9 cm³/mol. The molecule has 0 amide bonds. The number of rotatable bonds is 3. The maximum Gasteiger partial charge on any atom is 0.139 e. The predicted octanol–water partition coefficient (Wildman–Crippen LogP) is 2.11. The van der Waals surface area contributed by atoms with E-state index in [0.717, 1.165) is 12.8 Å². The molecule has 2 nitrogen and oxygen atoms in total. The van der Waals surface area contributed by atoms with Crippen molar-refractivity contribution in [2.75, 3.05) is 0 Å². The molecule has 0 saturated heterocycles. The van der Waals surface area contributed by atoms with E-state index in [1.54, 1.807) is 0 Å². The molecule has 1 atom stereocenters. The Morgan fingerprint density at radius 3 is 2.67 bits per heavy atom. The van der Waals surface area contributed by atoms with Crippen LogP contribution in [0.15, 0.2) is 0 Å². The Labute approximate surface area is 73.3 Å². The summed E-state index contributed by atoms with van der Waals surface area (Å²) >= 11 is 0. The summed E-state index contributed by atoms with van der Waals surface area (Å²) in [7, 11) is 0. The van der Waals surface area contributed by atoms with Crippen LogP contribution in [0.25, 0.3) is 0 Å². The van der Waals surface area contributed by atoms with Crippen LogP contribution < -0.4 is 0 Å². The fraction of sp³-hybridized carbons (Fsp3) is 0.800. The van der Waals surface area contributed by atoms with Gasteiger partial charge in [-0.15, -0.1) is 0 Å². The Bertz CT molecular complexity index is 208. The van der Waals surface area contributed by atoms with Gasteiger partial charge in [-0.2, -0.15) is 0 Å². The Morgan fingerprint density at radius 1 is 1.58 bits per heavy atom. The van der Waals surface area contributed by atoms with Gasteiger partial charge in [-0.05, 0) is 12.8 Å². The van der Waals surface area contributed by atoms with Gasteiger partial charge in [0.2, 0.25) is 0 Å². The Morgan fingerprint density at radius 2 is 2.25 bits per heavy atom. The fourth-order valence-electron chi connectivity index (χ4n) is 1.83. The van der Waals surface area contributed by atoms with E-state index in [9.17, 15) is 9.59 Å². The highest BCUT2D eigenvalue weighted by atomic mass is 16.1. The van der Waals surface area contributed by atoms with Crippen molar-refractivity contribution in [1.29, 1.82) is 0 Å². The lowest BCUT2D eigenvalue weighted by Crippen LogP contribution is -2.24. The van der Waals surface area contributed by atoms with E-state index >= 15 is 0 Å². The Balaban J connectivity index is 2.59. The van der Waals surface area contributed by atoms with Crippen LogP contribution in [0.1, 0.15) is 46.0 Å². The van der Waals surface area contributed by atoms with Gasteiger partial charge in [0.15, 0.2) is 0 Å². The summed E-state index contributed by atoms with van der Waals surface area (Å²) in [6.45, 7) is 3.78. The first-order valence-electron chi connectivity index (χ1n) is 4.63. The molecule has 1 rings (SSSR count). The maximum absolute atomic E-state index is 11.4. The van der Waals surface area contributed by atoms with Gasteiger partial charge in [0, 0.05) is 24.7 Å². The molecule has 0 N–H and O–H groups in total. The minimum absolute atomic E-state index is 0.216. The first kappa shape index (κ1) is 9.43. The SMILES string of the molecule is CCC(=O)C[C@@]1(C)CCCC1=O. The van der Waals surface area contributed by atoms with Gasteiger partial charge in [0.1, 0.15) is 11.6 Å². The van der Waals surface area contributed by atoms with Crippen LogP contribution in [0, 0.1) is 5.41 Å². The summed E-state index contributed by atoms with van der Waals surface area (Å²) in [5.74, 6) is 0.497. The smallest absolute Gasteiger partial charge is 0.139 e. The molecule has 0 bridgehead atoms. The van der Waals surface area contributed by atoms with Gasteiger partial charge in [-0.3, -0.25) is 9.59 Å².